The van der Waals surface area contributed by atoms with Gasteiger partial charge in [0.05, 0.1) is 12.1 Å². The highest BCUT2D eigenvalue weighted by atomic mass is 32.1. The molecule has 1 aromatic heterocycles. The van der Waals surface area contributed by atoms with Gasteiger partial charge in [-0.25, -0.2) is 0 Å². The Labute approximate surface area is 142 Å². The number of carbonyl (C=O) groups excluding carboxylic acids is 2. The molecule has 128 valence electrons. The van der Waals surface area contributed by atoms with Crippen LogP contribution in [0.3, 0.4) is 0 Å². The number of hydrogen-bond donors (Lipinski definition) is 2. The van der Waals surface area contributed by atoms with Gasteiger partial charge in [0, 0.05) is 4.88 Å². The van der Waals surface area contributed by atoms with E-state index in [1.165, 1.54) is 16.2 Å². The maximum Gasteiger partial charge on any atom is 0.251 e. The summed E-state index contributed by atoms with van der Waals surface area (Å²) in [5, 5.41) is 3.57. The first-order valence-corrected chi connectivity index (χ1v) is 9.35. The first-order valence-electron chi connectivity index (χ1n) is 8.53. The lowest BCUT2D eigenvalue weighted by atomic mass is 9.95. The molecule has 0 aliphatic heterocycles. The highest BCUT2D eigenvalue weighted by molar-refractivity contribution is 7.17. The predicted octanol–water partition coefficient (Wildman–Crippen LogP) is 2.79. The van der Waals surface area contributed by atoms with Crippen LogP contribution in [0.25, 0.3) is 0 Å². The monoisotopic (exact) mass is 337 g/mol. The van der Waals surface area contributed by atoms with Crippen molar-refractivity contribution >= 4 is 28.2 Å². The minimum atomic E-state index is -0.432. The molecule has 1 aliphatic carbocycles. The zero-order valence-corrected chi connectivity index (χ0v) is 14.9. The molecule has 0 fully saturated rings. The first-order chi connectivity index (χ1) is 11.1. The molecular weight excluding hydrogens is 310 g/mol. The molecular formula is C17H27N3O2S. The quantitative estimate of drug-likeness (QED) is 0.766. The molecule has 0 aromatic carbocycles. The molecule has 1 aliphatic rings. The summed E-state index contributed by atoms with van der Waals surface area (Å²) in [5.74, 6) is -0.498. The number of carbonyl (C=O) groups is 2. The Morgan fingerprint density at radius 1 is 1.26 bits per heavy atom. The Kier molecular flexibility index (Phi) is 6.59. The Morgan fingerprint density at radius 3 is 2.65 bits per heavy atom. The van der Waals surface area contributed by atoms with Crippen molar-refractivity contribution in [1.29, 1.82) is 0 Å². The van der Waals surface area contributed by atoms with Crippen molar-refractivity contribution in [2.24, 2.45) is 5.73 Å². The summed E-state index contributed by atoms with van der Waals surface area (Å²) >= 11 is 1.52. The Bertz CT molecular complexity index is 568. The van der Waals surface area contributed by atoms with E-state index in [9.17, 15) is 9.59 Å². The fraction of sp³-hybridized carbons (Fsp3) is 0.647. The maximum atomic E-state index is 12.3. The molecule has 2 rings (SSSR count). The SMILES string of the molecule is CCCCN(CC)CC(=O)Nc1sc2c(c1C(N)=O)CCCC2. The zero-order valence-electron chi connectivity index (χ0n) is 14.1. The van der Waals surface area contributed by atoms with Gasteiger partial charge < -0.3 is 11.1 Å². The van der Waals surface area contributed by atoms with Crippen LogP contribution in [0.1, 0.15) is 60.3 Å². The van der Waals surface area contributed by atoms with E-state index in [1.807, 2.05) is 0 Å². The second kappa shape index (κ2) is 8.45. The standard InChI is InChI=1S/C17H27N3O2S/c1-3-5-10-20(4-2)11-14(21)19-17-15(16(18)22)12-8-6-7-9-13(12)23-17/h3-11H2,1-2H3,(H2,18,22)(H,19,21). The topological polar surface area (TPSA) is 75.4 Å². The molecule has 2 amide bonds. The van der Waals surface area contributed by atoms with Gasteiger partial charge in [0.25, 0.3) is 5.91 Å². The summed E-state index contributed by atoms with van der Waals surface area (Å²) in [6, 6.07) is 0. The highest BCUT2D eigenvalue weighted by Gasteiger charge is 2.25. The third kappa shape index (κ3) is 4.54. The van der Waals surface area contributed by atoms with E-state index >= 15 is 0 Å². The minimum Gasteiger partial charge on any atom is -0.365 e. The molecule has 0 saturated heterocycles. The molecule has 1 aromatic rings. The molecule has 23 heavy (non-hydrogen) atoms. The van der Waals surface area contributed by atoms with Crippen molar-refractivity contribution in [2.75, 3.05) is 25.0 Å². The lowest BCUT2D eigenvalue weighted by Crippen LogP contribution is -2.34. The van der Waals surface area contributed by atoms with Gasteiger partial charge in [-0.3, -0.25) is 14.5 Å². The summed E-state index contributed by atoms with van der Waals surface area (Å²) in [6.45, 7) is 6.32. The zero-order chi connectivity index (χ0) is 16.8. The number of nitrogens with two attached hydrogens (primary N) is 1. The number of primary amides is 1. The van der Waals surface area contributed by atoms with E-state index in [1.54, 1.807) is 0 Å². The van der Waals surface area contributed by atoms with Crippen molar-refractivity contribution in [1.82, 2.24) is 4.90 Å². The van der Waals surface area contributed by atoms with Crippen molar-refractivity contribution < 1.29 is 9.59 Å². The molecule has 1 heterocycles. The number of nitrogens with one attached hydrogen (secondary N) is 1. The van der Waals surface area contributed by atoms with E-state index in [0.29, 0.717) is 17.1 Å². The molecule has 0 spiro atoms. The van der Waals surface area contributed by atoms with Crippen LogP contribution < -0.4 is 11.1 Å². The van der Waals surface area contributed by atoms with Crippen LogP contribution in [-0.2, 0) is 17.6 Å². The fourth-order valence-electron chi connectivity index (χ4n) is 3.01. The number of amides is 2. The molecule has 0 saturated carbocycles. The largest absolute Gasteiger partial charge is 0.365 e. The lowest BCUT2D eigenvalue weighted by molar-refractivity contribution is -0.117. The van der Waals surface area contributed by atoms with Crippen molar-refractivity contribution in [3.63, 3.8) is 0 Å². The fourth-order valence-corrected chi connectivity index (χ4v) is 4.33. The summed E-state index contributed by atoms with van der Waals surface area (Å²) in [5.41, 5.74) is 7.15. The maximum absolute atomic E-state index is 12.3. The van der Waals surface area contributed by atoms with Gasteiger partial charge >= 0.3 is 0 Å². The first kappa shape index (κ1) is 17.9. The summed E-state index contributed by atoms with van der Waals surface area (Å²) in [7, 11) is 0. The number of fused-ring (bicyclic) bond motifs is 1. The Morgan fingerprint density at radius 2 is 2.00 bits per heavy atom. The number of hydrogen-bond acceptors (Lipinski definition) is 4. The Balaban J connectivity index is 2.08. The van der Waals surface area contributed by atoms with Crippen molar-refractivity contribution in [3.05, 3.63) is 16.0 Å². The van der Waals surface area contributed by atoms with Gasteiger partial charge in [-0.15, -0.1) is 11.3 Å². The number of nitrogens with zero attached hydrogens (tertiary/aromatic N) is 1. The number of aryl methyl sites for hydroxylation is 1. The van der Waals surface area contributed by atoms with Crippen molar-refractivity contribution in [2.45, 2.75) is 52.4 Å². The molecule has 0 radical (unpaired) electrons. The highest BCUT2D eigenvalue weighted by Crippen LogP contribution is 2.37. The van der Waals surface area contributed by atoms with Gasteiger partial charge in [-0.1, -0.05) is 20.3 Å². The number of likely N-dealkylation sites (N-methyl/N-ethyl adjacent to an activating group) is 1. The van der Waals surface area contributed by atoms with Crippen LogP contribution >= 0.6 is 11.3 Å². The van der Waals surface area contributed by atoms with Crippen LogP contribution in [0.15, 0.2) is 0 Å². The number of anilines is 1. The number of unbranched alkanes of at least 4 members (excludes halogenated alkanes) is 1. The van der Waals surface area contributed by atoms with Crippen LogP contribution in [0.5, 0.6) is 0 Å². The average Bonchev–Trinajstić information content (AvgIpc) is 2.89. The molecule has 0 atom stereocenters. The van der Waals surface area contributed by atoms with Crippen LogP contribution in [0.4, 0.5) is 5.00 Å². The van der Waals surface area contributed by atoms with Gasteiger partial charge in [0.2, 0.25) is 5.91 Å². The van der Waals surface area contributed by atoms with Crippen LogP contribution in [0, 0.1) is 0 Å². The summed E-state index contributed by atoms with van der Waals surface area (Å²) in [6.07, 6.45) is 6.28. The van der Waals surface area contributed by atoms with E-state index in [0.717, 1.165) is 57.2 Å². The number of rotatable bonds is 8. The van der Waals surface area contributed by atoms with E-state index in [2.05, 4.69) is 24.1 Å². The van der Waals surface area contributed by atoms with E-state index in [-0.39, 0.29) is 5.91 Å². The van der Waals surface area contributed by atoms with E-state index in [4.69, 9.17) is 5.73 Å². The minimum absolute atomic E-state index is 0.0657. The smallest absolute Gasteiger partial charge is 0.251 e. The molecule has 6 heteroatoms. The van der Waals surface area contributed by atoms with Gasteiger partial charge in [-0.05, 0) is 50.8 Å². The van der Waals surface area contributed by atoms with E-state index < -0.39 is 5.91 Å². The summed E-state index contributed by atoms with van der Waals surface area (Å²) in [4.78, 5) is 27.5. The third-order valence-electron chi connectivity index (χ3n) is 4.31. The Hall–Kier alpha value is -1.40. The second-order valence-corrected chi connectivity index (χ2v) is 7.15. The molecule has 0 unspecified atom stereocenters. The average molecular weight is 337 g/mol. The normalized spacial score (nSPS) is 13.9. The summed E-state index contributed by atoms with van der Waals surface area (Å²) < 4.78 is 0. The third-order valence-corrected chi connectivity index (χ3v) is 5.52. The molecule has 3 N–H and O–H groups in total. The lowest BCUT2D eigenvalue weighted by Gasteiger charge is -2.19. The molecule has 0 bridgehead atoms. The predicted molar refractivity (Wildman–Crippen MR) is 95.1 cm³/mol. The van der Waals surface area contributed by atoms with Crippen molar-refractivity contribution in [3.8, 4) is 0 Å². The second-order valence-electron chi connectivity index (χ2n) is 6.05. The van der Waals surface area contributed by atoms with Gasteiger partial charge in [-0.2, -0.15) is 0 Å². The number of thiophene rings is 1. The van der Waals surface area contributed by atoms with Gasteiger partial charge in [0.15, 0.2) is 0 Å². The van der Waals surface area contributed by atoms with Crippen LogP contribution in [-0.4, -0.2) is 36.3 Å². The molecule has 5 nitrogen and oxygen atoms in total. The van der Waals surface area contributed by atoms with Crippen LogP contribution in [0.2, 0.25) is 0 Å². The van der Waals surface area contributed by atoms with Gasteiger partial charge in [0.1, 0.15) is 5.00 Å².